The maximum Gasteiger partial charge on any atom is 0.117 e. The number of nitrogens with one attached hydrogen (secondary N) is 1. The van der Waals surface area contributed by atoms with E-state index in [1.165, 1.54) is 9.75 Å². The van der Waals surface area contributed by atoms with Gasteiger partial charge in [-0.1, -0.05) is 13.0 Å². The van der Waals surface area contributed by atoms with E-state index in [1.807, 2.05) is 23.5 Å². The molecule has 2 aromatic rings. The number of phenols is 1. The second kappa shape index (κ2) is 5.03. The van der Waals surface area contributed by atoms with Crippen LogP contribution in [0.3, 0.4) is 0 Å². The first-order valence-electron chi connectivity index (χ1n) is 5.38. The molecule has 0 unspecified atom stereocenters. The molecular weight excluding hydrogens is 218 g/mol. The lowest BCUT2D eigenvalue weighted by Crippen LogP contribution is -1.96. The van der Waals surface area contributed by atoms with Gasteiger partial charge in [0.15, 0.2) is 0 Å². The van der Waals surface area contributed by atoms with Gasteiger partial charge in [-0.05, 0) is 30.7 Å². The zero-order chi connectivity index (χ0) is 11.4. The summed E-state index contributed by atoms with van der Waals surface area (Å²) in [5.41, 5.74) is 0.950. The maximum absolute atomic E-state index is 9.32. The second-order valence-electron chi connectivity index (χ2n) is 3.63. The molecular formula is C13H15NOS. The fourth-order valence-corrected chi connectivity index (χ4v) is 2.41. The van der Waals surface area contributed by atoms with Crippen LogP contribution in [0, 0.1) is 0 Å². The molecule has 1 aromatic heterocycles. The van der Waals surface area contributed by atoms with Gasteiger partial charge in [0.25, 0.3) is 0 Å². The summed E-state index contributed by atoms with van der Waals surface area (Å²) in [4.78, 5) is 2.73. The fourth-order valence-electron chi connectivity index (χ4n) is 1.51. The smallest absolute Gasteiger partial charge is 0.117 e. The first kappa shape index (κ1) is 11.0. The molecule has 0 saturated carbocycles. The summed E-state index contributed by atoms with van der Waals surface area (Å²) in [6.07, 6.45) is 1.09. The molecule has 0 aliphatic rings. The Morgan fingerprint density at radius 1 is 1.19 bits per heavy atom. The third-order valence-electron chi connectivity index (χ3n) is 2.38. The highest BCUT2D eigenvalue weighted by atomic mass is 32.1. The summed E-state index contributed by atoms with van der Waals surface area (Å²) >= 11 is 1.83. The van der Waals surface area contributed by atoms with Crippen molar-refractivity contribution in [3.63, 3.8) is 0 Å². The molecule has 0 atom stereocenters. The van der Waals surface area contributed by atoms with Crippen LogP contribution in [0.1, 0.15) is 16.7 Å². The first-order valence-corrected chi connectivity index (χ1v) is 6.20. The zero-order valence-electron chi connectivity index (χ0n) is 9.23. The predicted molar refractivity (Wildman–Crippen MR) is 69.1 cm³/mol. The molecule has 1 heterocycles. The van der Waals surface area contributed by atoms with Crippen LogP contribution in [0.15, 0.2) is 36.4 Å². The Morgan fingerprint density at radius 2 is 2.00 bits per heavy atom. The van der Waals surface area contributed by atoms with E-state index in [0.717, 1.165) is 18.7 Å². The summed E-state index contributed by atoms with van der Waals surface area (Å²) < 4.78 is 0. The van der Waals surface area contributed by atoms with Gasteiger partial charge in [-0.3, -0.25) is 0 Å². The van der Waals surface area contributed by atoms with E-state index in [9.17, 15) is 5.11 Å². The second-order valence-corrected chi connectivity index (χ2v) is 4.88. The highest BCUT2D eigenvalue weighted by Gasteiger charge is 1.99. The lowest BCUT2D eigenvalue weighted by molar-refractivity contribution is 0.475. The van der Waals surface area contributed by atoms with Gasteiger partial charge >= 0.3 is 0 Å². The van der Waals surface area contributed by atoms with E-state index in [4.69, 9.17) is 0 Å². The van der Waals surface area contributed by atoms with Crippen molar-refractivity contribution in [1.29, 1.82) is 0 Å². The average molecular weight is 233 g/mol. The Morgan fingerprint density at radius 3 is 2.69 bits per heavy atom. The van der Waals surface area contributed by atoms with Crippen molar-refractivity contribution < 1.29 is 5.11 Å². The van der Waals surface area contributed by atoms with Gasteiger partial charge in [-0.2, -0.15) is 0 Å². The van der Waals surface area contributed by atoms with Crippen LogP contribution < -0.4 is 5.32 Å². The van der Waals surface area contributed by atoms with Crippen molar-refractivity contribution >= 4 is 17.0 Å². The zero-order valence-corrected chi connectivity index (χ0v) is 10.1. The van der Waals surface area contributed by atoms with Gasteiger partial charge in [0.2, 0.25) is 0 Å². The van der Waals surface area contributed by atoms with Crippen LogP contribution in [-0.4, -0.2) is 5.11 Å². The quantitative estimate of drug-likeness (QED) is 0.845. The Labute approximate surface area is 99.6 Å². The number of hydrogen-bond acceptors (Lipinski definition) is 3. The Bertz CT molecular complexity index is 464. The Kier molecular flexibility index (Phi) is 3.47. The molecule has 3 heteroatoms. The van der Waals surface area contributed by atoms with E-state index in [2.05, 4.69) is 24.4 Å². The van der Waals surface area contributed by atoms with Gasteiger partial charge in [-0.25, -0.2) is 0 Å². The van der Waals surface area contributed by atoms with Crippen LogP contribution >= 0.6 is 11.3 Å². The standard InChI is InChI=1S/C13H15NOS/c1-2-12-6-7-13(16-12)9-14-10-4-3-5-11(15)8-10/h3-8,14-15H,2,9H2,1H3. The fraction of sp³-hybridized carbons (Fsp3) is 0.231. The minimum Gasteiger partial charge on any atom is -0.508 e. The van der Waals surface area contributed by atoms with Crippen molar-refractivity contribution in [2.75, 3.05) is 5.32 Å². The molecule has 84 valence electrons. The molecule has 16 heavy (non-hydrogen) atoms. The molecule has 2 N–H and O–H groups in total. The topological polar surface area (TPSA) is 32.3 Å². The summed E-state index contributed by atoms with van der Waals surface area (Å²) in [5.74, 6) is 0.297. The van der Waals surface area contributed by atoms with Crippen molar-refractivity contribution in [3.8, 4) is 5.75 Å². The number of rotatable bonds is 4. The molecule has 0 fully saturated rings. The molecule has 0 saturated heterocycles. The number of hydrogen-bond donors (Lipinski definition) is 2. The molecule has 1 aromatic carbocycles. The highest BCUT2D eigenvalue weighted by Crippen LogP contribution is 2.20. The monoisotopic (exact) mass is 233 g/mol. The number of benzene rings is 1. The summed E-state index contributed by atoms with van der Waals surface area (Å²) in [6, 6.07) is 11.5. The van der Waals surface area contributed by atoms with Crippen molar-refractivity contribution in [1.82, 2.24) is 0 Å². The number of phenolic OH excluding ortho intramolecular Hbond substituents is 1. The minimum atomic E-state index is 0.297. The van der Waals surface area contributed by atoms with Crippen molar-refractivity contribution in [3.05, 3.63) is 46.2 Å². The van der Waals surface area contributed by atoms with Crippen LogP contribution in [0.2, 0.25) is 0 Å². The van der Waals surface area contributed by atoms with E-state index < -0.39 is 0 Å². The van der Waals surface area contributed by atoms with Gasteiger partial charge in [-0.15, -0.1) is 11.3 Å². The minimum absolute atomic E-state index is 0.297. The van der Waals surface area contributed by atoms with Gasteiger partial charge in [0.05, 0.1) is 0 Å². The first-order chi connectivity index (χ1) is 7.78. The maximum atomic E-state index is 9.32. The lowest BCUT2D eigenvalue weighted by atomic mass is 10.3. The predicted octanol–water partition coefficient (Wildman–Crippen LogP) is 3.63. The number of thiophene rings is 1. The van der Waals surface area contributed by atoms with Crippen LogP contribution in [0.4, 0.5) is 5.69 Å². The summed E-state index contributed by atoms with van der Waals surface area (Å²) in [7, 11) is 0. The largest absolute Gasteiger partial charge is 0.508 e. The molecule has 0 aliphatic heterocycles. The molecule has 0 amide bonds. The molecule has 0 aliphatic carbocycles. The third kappa shape index (κ3) is 2.76. The number of aromatic hydroxyl groups is 1. The molecule has 0 spiro atoms. The van der Waals surface area contributed by atoms with E-state index in [0.29, 0.717) is 5.75 Å². The van der Waals surface area contributed by atoms with Gasteiger partial charge < -0.3 is 10.4 Å². The van der Waals surface area contributed by atoms with E-state index >= 15 is 0 Å². The highest BCUT2D eigenvalue weighted by molar-refractivity contribution is 7.12. The summed E-state index contributed by atoms with van der Waals surface area (Å²) in [6.45, 7) is 2.98. The van der Waals surface area contributed by atoms with Crippen LogP contribution in [0.5, 0.6) is 5.75 Å². The van der Waals surface area contributed by atoms with E-state index in [1.54, 1.807) is 12.1 Å². The van der Waals surface area contributed by atoms with Crippen molar-refractivity contribution in [2.45, 2.75) is 19.9 Å². The number of aryl methyl sites for hydroxylation is 1. The van der Waals surface area contributed by atoms with Crippen LogP contribution in [0.25, 0.3) is 0 Å². The molecule has 0 bridgehead atoms. The summed E-state index contributed by atoms with van der Waals surface area (Å²) in [5, 5.41) is 12.6. The Balaban J connectivity index is 1.96. The molecule has 0 radical (unpaired) electrons. The normalized spacial score (nSPS) is 10.3. The SMILES string of the molecule is CCc1ccc(CNc2cccc(O)c2)s1. The lowest BCUT2D eigenvalue weighted by Gasteiger charge is -2.04. The van der Waals surface area contributed by atoms with Gasteiger partial charge in [0.1, 0.15) is 5.75 Å². The average Bonchev–Trinajstić information content (AvgIpc) is 2.74. The van der Waals surface area contributed by atoms with Crippen LogP contribution in [-0.2, 0) is 13.0 Å². The Hall–Kier alpha value is -1.48. The third-order valence-corrected chi connectivity index (χ3v) is 3.61. The molecule has 2 nitrogen and oxygen atoms in total. The van der Waals surface area contributed by atoms with Gasteiger partial charge in [0, 0.05) is 28.1 Å². The number of anilines is 1. The van der Waals surface area contributed by atoms with Crippen molar-refractivity contribution in [2.24, 2.45) is 0 Å². The van der Waals surface area contributed by atoms with E-state index in [-0.39, 0.29) is 0 Å². The molecule has 2 rings (SSSR count).